The van der Waals surface area contributed by atoms with Gasteiger partial charge in [-0.1, -0.05) is 60.7 Å². The Kier molecular flexibility index (Phi) is 5.86. The molecule has 6 nitrogen and oxygen atoms in total. The van der Waals surface area contributed by atoms with Crippen LogP contribution >= 0.6 is 0 Å². The average molecular weight is 366 g/mol. The lowest BCUT2D eigenvalue weighted by atomic mass is 10.1. The van der Waals surface area contributed by atoms with Gasteiger partial charge in [-0.2, -0.15) is 0 Å². The summed E-state index contributed by atoms with van der Waals surface area (Å²) in [6, 6.07) is 16.9. The van der Waals surface area contributed by atoms with Crippen molar-refractivity contribution in [1.29, 1.82) is 0 Å². The van der Waals surface area contributed by atoms with Gasteiger partial charge in [0, 0.05) is 19.4 Å². The zero-order chi connectivity index (χ0) is 19.2. The molecule has 1 heterocycles. The van der Waals surface area contributed by atoms with E-state index in [0.717, 1.165) is 11.1 Å². The molecule has 2 aromatic carbocycles. The molecule has 0 aliphatic carbocycles. The molecule has 6 heteroatoms. The van der Waals surface area contributed by atoms with Gasteiger partial charge in [0.15, 0.2) is 0 Å². The molecular weight excluding hydrogens is 344 g/mol. The number of carboxylic acid groups (broad SMARTS) is 1. The molecule has 2 aromatic rings. The van der Waals surface area contributed by atoms with Gasteiger partial charge in [-0.25, -0.2) is 4.79 Å². The summed E-state index contributed by atoms with van der Waals surface area (Å²) in [6.07, 6.45) is 0.887. The van der Waals surface area contributed by atoms with Gasteiger partial charge in [-0.15, -0.1) is 0 Å². The van der Waals surface area contributed by atoms with Crippen molar-refractivity contribution in [3.8, 4) is 0 Å². The van der Waals surface area contributed by atoms with Crippen LogP contribution in [-0.2, 0) is 27.3 Å². The molecule has 0 radical (unpaired) electrons. The van der Waals surface area contributed by atoms with Gasteiger partial charge in [0.25, 0.3) is 0 Å². The number of nitrogens with zero attached hydrogens (tertiary/aromatic N) is 1. The van der Waals surface area contributed by atoms with Crippen molar-refractivity contribution in [2.45, 2.75) is 37.9 Å². The van der Waals surface area contributed by atoms with Crippen LogP contribution < -0.4 is 5.32 Å². The molecule has 140 valence electrons. The highest BCUT2D eigenvalue weighted by Crippen LogP contribution is 2.22. The van der Waals surface area contributed by atoms with E-state index in [1.807, 2.05) is 60.7 Å². The molecule has 3 rings (SSSR count). The van der Waals surface area contributed by atoms with E-state index in [-0.39, 0.29) is 12.3 Å². The fraction of sp³-hybridized carbons (Fsp3) is 0.286. The van der Waals surface area contributed by atoms with E-state index in [1.165, 1.54) is 4.90 Å². The van der Waals surface area contributed by atoms with Crippen LogP contribution in [-0.4, -0.2) is 39.9 Å². The molecule has 2 N–H and O–H groups in total. The summed E-state index contributed by atoms with van der Waals surface area (Å²) < 4.78 is 0. The SMILES string of the molecule is O=C(O)[C@H](Cc1ccccc1)NC(=O)[C@@H]1CCC(=O)N1Cc1ccccc1. The van der Waals surface area contributed by atoms with Gasteiger partial charge in [0.05, 0.1) is 0 Å². The third kappa shape index (κ3) is 4.73. The average Bonchev–Trinajstić information content (AvgIpc) is 3.03. The number of benzene rings is 2. The standard InChI is InChI=1S/C21H22N2O4/c24-19-12-11-18(23(19)14-16-9-5-2-6-10-16)20(25)22-17(21(26)27)13-15-7-3-1-4-8-15/h1-10,17-18H,11-14H2,(H,22,25)(H,26,27)/t17-,18-/m0/s1. The molecule has 1 saturated heterocycles. The number of nitrogens with one attached hydrogen (secondary N) is 1. The second kappa shape index (κ2) is 8.49. The molecule has 1 aliphatic heterocycles. The summed E-state index contributed by atoms with van der Waals surface area (Å²) in [5.41, 5.74) is 1.76. The van der Waals surface area contributed by atoms with Crippen LogP contribution in [0.2, 0.25) is 0 Å². The number of carbonyl (C=O) groups excluding carboxylic acids is 2. The van der Waals surface area contributed by atoms with Gasteiger partial charge >= 0.3 is 5.97 Å². The first-order valence-electron chi connectivity index (χ1n) is 8.95. The first-order valence-corrected chi connectivity index (χ1v) is 8.95. The van der Waals surface area contributed by atoms with Crippen LogP contribution in [0.15, 0.2) is 60.7 Å². The largest absolute Gasteiger partial charge is 0.480 e. The van der Waals surface area contributed by atoms with Crippen LogP contribution in [0.5, 0.6) is 0 Å². The van der Waals surface area contributed by atoms with Gasteiger partial charge in [0.1, 0.15) is 12.1 Å². The Hall–Kier alpha value is -3.15. The summed E-state index contributed by atoms with van der Waals surface area (Å²) in [5, 5.41) is 12.1. The maximum Gasteiger partial charge on any atom is 0.326 e. The van der Waals surface area contributed by atoms with Gasteiger partial charge in [-0.3, -0.25) is 9.59 Å². The molecule has 27 heavy (non-hydrogen) atoms. The van der Waals surface area contributed by atoms with Crippen molar-refractivity contribution >= 4 is 17.8 Å². The van der Waals surface area contributed by atoms with E-state index in [9.17, 15) is 19.5 Å². The first kappa shape index (κ1) is 18.6. The minimum Gasteiger partial charge on any atom is -0.480 e. The minimum absolute atomic E-state index is 0.0889. The van der Waals surface area contributed by atoms with Crippen LogP contribution in [0.3, 0.4) is 0 Å². The quantitative estimate of drug-likeness (QED) is 0.785. The van der Waals surface area contributed by atoms with Gasteiger partial charge in [0.2, 0.25) is 11.8 Å². The van der Waals surface area contributed by atoms with Crippen molar-refractivity contribution in [2.24, 2.45) is 0 Å². The molecule has 2 atom stereocenters. The van der Waals surface area contributed by atoms with E-state index >= 15 is 0 Å². The van der Waals surface area contributed by atoms with Crippen molar-refractivity contribution in [1.82, 2.24) is 10.2 Å². The zero-order valence-electron chi connectivity index (χ0n) is 14.9. The van der Waals surface area contributed by atoms with Crippen LogP contribution in [0.1, 0.15) is 24.0 Å². The maximum absolute atomic E-state index is 12.7. The lowest BCUT2D eigenvalue weighted by Gasteiger charge is -2.25. The van der Waals surface area contributed by atoms with Crippen LogP contribution in [0.25, 0.3) is 0 Å². The fourth-order valence-electron chi connectivity index (χ4n) is 3.30. The summed E-state index contributed by atoms with van der Waals surface area (Å²) in [4.78, 5) is 38.1. The molecule has 1 fully saturated rings. The normalized spacial score (nSPS) is 17.6. The summed E-state index contributed by atoms with van der Waals surface area (Å²) in [5.74, 6) is -1.60. The predicted molar refractivity (Wildman–Crippen MR) is 99.7 cm³/mol. The maximum atomic E-state index is 12.7. The highest BCUT2D eigenvalue weighted by atomic mass is 16.4. The van der Waals surface area contributed by atoms with E-state index < -0.39 is 24.0 Å². The predicted octanol–water partition coefficient (Wildman–Crippen LogP) is 1.99. The molecule has 0 saturated carbocycles. The number of likely N-dealkylation sites (tertiary alicyclic amines) is 1. The smallest absolute Gasteiger partial charge is 0.326 e. The van der Waals surface area contributed by atoms with Crippen molar-refractivity contribution in [3.05, 3.63) is 71.8 Å². The number of carboxylic acids is 1. The number of carbonyl (C=O) groups is 3. The Morgan fingerprint density at radius 2 is 1.63 bits per heavy atom. The monoisotopic (exact) mass is 366 g/mol. The number of aliphatic carboxylic acids is 1. The zero-order valence-corrected chi connectivity index (χ0v) is 14.9. The highest BCUT2D eigenvalue weighted by molar-refractivity contribution is 5.93. The van der Waals surface area contributed by atoms with Gasteiger partial charge in [-0.05, 0) is 17.5 Å². The van der Waals surface area contributed by atoms with E-state index in [1.54, 1.807) is 0 Å². The van der Waals surface area contributed by atoms with E-state index in [2.05, 4.69) is 5.32 Å². The second-order valence-corrected chi connectivity index (χ2v) is 6.65. The third-order valence-electron chi connectivity index (χ3n) is 4.72. The second-order valence-electron chi connectivity index (χ2n) is 6.65. The first-order chi connectivity index (χ1) is 13.0. The van der Waals surface area contributed by atoms with Crippen molar-refractivity contribution in [2.75, 3.05) is 0 Å². The molecule has 0 aromatic heterocycles. The molecular formula is C21H22N2O4. The Labute approximate surface area is 157 Å². The van der Waals surface area contributed by atoms with Crippen LogP contribution in [0, 0.1) is 0 Å². The lowest BCUT2D eigenvalue weighted by molar-refractivity contribution is -0.143. The Morgan fingerprint density at radius 1 is 1.04 bits per heavy atom. The Bertz CT molecular complexity index is 807. The lowest BCUT2D eigenvalue weighted by Crippen LogP contribution is -2.50. The number of hydrogen-bond donors (Lipinski definition) is 2. The fourth-order valence-corrected chi connectivity index (χ4v) is 3.30. The number of rotatable bonds is 7. The Balaban J connectivity index is 1.68. The third-order valence-corrected chi connectivity index (χ3v) is 4.72. The molecule has 0 spiro atoms. The Morgan fingerprint density at radius 3 is 2.22 bits per heavy atom. The summed E-state index contributed by atoms with van der Waals surface area (Å²) in [7, 11) is 0. The number of amides is 2. The van der Waals surface area contributed by atoms with Gasteiger partial charge < -0.3 is 15.3 Å². The minimum atomic E-state index is -1.09. The topological polar surface area (TPSA) is 86.7 Å². The molecule has 0 bridgehead atoms. The van der Waals surface area contributed by atoms with Crippen molar-refractivity contribution < 1.29 is 19.5 Å². The summed E-state index contributed by atoms with van der Waals surface area (Å²) in [6.45, 7) is 0.341. The summed E-state index contributed by atoms with van der Waals surface area (Å²) >= 11 is 0. The van der Waals surface area contributed by atoms with Crippen LogP contribution in [0.4, 0.5) is 0 Å². The molecule has 0 unspecified atom stereocenters. The van der Waals surface area contributed by atoms with Crippen molar-refractivity contribution in [3.63, 3.8) is 0 Å². The molecule has 1 aliphatic rings. The van der Waals surface area contributed by atoms with E-state index in [4.69, 9.17) is 0 Å². The highest BCUT2D eigenvalue weighted by Gasteiger charge is 2.37. The number of hydrogen-bond acceptors (Lipinski definition) is 3. The molecule has 2 amide bonds. The van der Waals surface area contributed by atoms with E-state index in [0.29, 0.717) is 19.4 Å².